The van der Waals surface area contributed by atoms with Gasteiger partial charge in [-0.1, -0.05) is 0 Å². The van der Waals surface area contributed by atoms with Crippen LogP contribution in [0.4, 0.5) is 13.6 Å². The Bertz CT molecular complexity index is 669. The van der Waals surface area contributed by atoms with E-state index in [1.807, 2.05) is 0 Å². The van der Waals surface area contributed by atoms with E-state index in [2.05, 4.69) is 10.6 Å². The van der Waals surface area contributed by atoms with Crippen LogP contribution in [-0.2, 0) is 11.2 Å². The summed E-state index contributed by atoms with van der Waals surface area (Å²) in [7, 11) is 0. The van der Waals surface area contributed by atoms with E-state index >= 15 is 0 Å². The third-order valence-electron chi connectivity index (χ3n) is 4.38. The Morgan fingerprint density at radius 3 is 2.96 bits per heavy atom. The summed E-state index contributed by atoms with van der Waals surface area (Å²) in [6.45, 7) is 2.00. The second-order valence-corrected chi connectivity index (χ2v) is 6.33. The molecule has 1 aromatic carbocycles. The SMILES string of the molecule is O=C(NCCCN1CCCC1=O)NC1COc2c(F)cc(F)cc2C1. The van der Waals surface area contributed by atoms with E-state index < -0.39 is 11.6 Å². The van der Waals surface area contributed by atoms with Gasteiger partial charge in [0.15, 0.2) is 11.6 Å². The standard InChI is InChI=1S/C17H21F2N3O3/c18-12-7-11-8-13(10-25-16(11)14(19)9-12)21-17(24)20-4-2-6-22-5-1-3-15(22)23/h7,9,13H,1-6,8,10H2,(H2,20,21,24). The third kappa shape index (κ3) is 4.37. The summed E-state index contributed by atoms with van der Waals surface area (Å²) >= 11 is 0. The first-order valence-corrected chi connectivity index (χ1v) is 8.46. The minimum atomic E-state index is -0.727. The largest absolute Gasteiger partial charge is 0.488 e. The molecule has 6 nitrogen and oxygen atoms in total. The van der Waals surface area contributed by atoms with E-state index in [4.69, 9.17) is 4.74 Å². The number of nitrogens with zero attached hydrogens (tertiary/aromatic N) is 1. The van der Waals surface area contributed by atoms with Gasteiger partial charge < -0.3 is 20.3 Å². The van der Waals surface area contributed by atoms with Crippen molar-refractivity contribution in [3.8, 4) is 5.75 Å². The predicted octanol–water partition coefficient (Wildman–Crippen LogP) is 1.58. The van der Waals surface area contributed by atoms with Gasteiger partial charge in [-0.2, -0.15) is 0 Å². The lowest BCUT2D eigenvalue weighted by Crippen LogP contribution is -2.47. The molecule has 0 saturated carbocycles. The second kappa shape index (κ2) is 7.67. The smallest absolute Gasteiger partial charge is 0.315 e. The molecule has 2 heterocycles. The molecule has 0 aliphatic carbocycles. The summed E-state index contributed by atoms with van der Waals surface area (Å²) in [6.07, 6.45) is 2.49. The Balaban J connectivity index is 1.40. The molecule has 25 heavy (non-hydrogen) atoms. The van der Waals surface area contributed by atoms with Crippen LogP contribution in [0.5, 0.6) is 5.75 Å². The number of hydrogen-bond donors (Lipinski definition) is 2. The molecular formula is C17H21F2N3O3. The number of ether oxygens (including phenoxy) is 1. The van der Waals surface area contributed by atoms with Gasteiger partial charge in [-0.25, -0.2) is 13.6 Å². The van der Waals surface area contributed by atoms with E-state index in [0.29, 0.717) is 37.9 Å². The molecule has 1 fully saturated rings. The molecule has 2 aliphatic rings. The average Bonchev–Trinajstić information content (AvgIpc) is 2.96. The zero-order valence-corrected chi connectivity index (χ0v) is 13.8. The predicted molar refractivity (Wildman–Crippen MR) is 86.3 cm³/mol. The van der Waals surface area contributed by atoms with Gasteiger partial charge in [0.25, 0.3) is 0 Å². The lowest BCUT2D eigenvalue weighted by atomic mass is 10.0. The fraction of sp³-hybridized carbons (Fsp3) is 0.529. The summed E-state index contributed by atoms with van der Waals surface area (Å²) < 4.78 is 32.2. The van der Waals surface area contributed by atoms with Gasteiger partial charge in [0.2, 0.25) is 5.91 Å². The van der Waals surface area contributed by atoms with E-state index in [0.717, 1.165) is 19.0 Å². The van der Waals surface area contributed by atoms with Crippen LogP contribution in [0.2, 0.25) is 0 Å². The normalized spacial score (nSPS) is 19.4. The van der Waals surface area contributed by atoms with Crippen molar-refractivity contribution in [3.05, 3.63) is 29.3 Å². The molecule has 8 heteroatoms. The van der Waals surface area contributed by atoms with Gasteiger partial charge in [-0.15, -0.1) is 0 Å². The van der Waals surface area contributed by atoms with Crippen molar-refractivity contribution in [2.45, 2.75) is 31.7 Å². The molecule has 1 unspecified atom stereocenters. The van der Waals surface area contributed by atoms with Crippen LogP contribution in [-0.4, -0.2) is 49.1 Å². The Morgan fingerprint density at radius 1 is 1.36 bits per heavy atom. The number of halogens is 2. The van der Waals surface area contributed by atoms with Crippen LogP contribution < -0.4 is 15.4 Å². The summed E-state index contributed by atoms with van der Waals surface area (Å²) in [5.74, 6) is -1.17. The molecule has 2 N–H and O–H groups in total. The zero-order valence-electron chi connectivity index (χ0n) is 13.8. The minimum absolute atomic E-state index is 0.0511. The van der Waals surface area contributed by atoms with Crippen molar-refractivity contribution in [1.82, 2.24) is 15.5 Å². The number of fused-ring (bicyclic) bond motifs is 1. The van der Waals surface area contributed by atoms with Crippen LogP contribution in [0.15, 0.2) is 12.1 Å². The van der Waals surface area contributed by atoms with E-state index in [-0.39, 0.29) is 30.3 Å². The number of hydrogen-bond acceptors (Lipinski definition) is 3. The molecule has 1 aromatic rings. The molecule has 0 spiro atoms. The highest BCUT2D eigenvalue weighted by atomic mass is 19.1. The maximum atomic E-state index is 13.6. The van der Waals surface area contributed by atoms with Gasteiger partial charge in [0.05, 0.1) is 6.04 Å². The first kappa shape index (κ1) is 17.4. The molecule has 3 rings (SSSR count). The van der Waals surface area contributed by atoms with Gasteiger partial charge in [-0.3, -0.25) is 4.79 Å². The highest BCUT2D eigenvalue weighted by Crippen LogP contribution is 2.28. The number of carbonyl (C=O) groups excluding carboxylic acids is 2. The minimum Gasteiger partial charge on any atom is -0.488 e. The fourth-order valence-corrected chi connectivity index (χ4v) is 3.18. The van der Waals surface area contributed by atoms with Crippen molar-refractivity contribution in [2.75, 3.05) is 26.2 Å². The van der Waals surface area contributed by atoms with Gasteiger partial charge in [0.1, 0.15) is 12.4 Å². The maximum Gasteiger partial charge on any atom is 0.315 e. The molecule has 3 amide bonds. The molecule has 1 atom stereocenters. The second-order valence-electron chi connectivity index (χ2n) is 6.33. The molecule has 2 aliphatic heterocycles. The van der Waals surface area contributed by atoms with Crippen LogP contribution in [0.25, 0.3) is 0 Å². The van der Waals surface area contributed by atoms with Crippen molar-refractivity contribution in [3.63, 3.8) is 0 Å². The van der Waals surface area contributed by atoms with Crippen LogP contribution in [0, 0.1) is 11.6 Å². The molecule has 0 aromatic heterocycles. The number of amides is 3. The molecular weight excluding hydrogens is 332 g/mol. The molecule has 0 bridgehead atoms. The number of rotatable bonds is 5. The van der Waals surface area contributed by atoms with Crippen LogP contribution in [0.3, 0.4) is 0 Å². The highest BCUT2D eigenvalue weighted by Gasteiger charge is 2.25. The first-order chi connectivity index (χ1) is 12.0. The highest BCUT2D eigenvalue weighted by molar-refractivity contribution is 5.78. The van der Waals surface area contributed by atoms with Gasteiger partial charge >= 0.3 is 6.03 Å². The van der Waals surface area contributed by atoms with Gasteiger partial charge in [0, 0.05) is 37.7 Å². The monoisotopic (exact) mass is 353 g/mol. The van der Waals surface area contributed by atoms with E-state index in [1.165, 1.54) is 6.07 Å². The number of urea groups is 1. The summed E-state index contributed by atoms with van der Waals surface area (Å²) in [5, 5.41) is 5.46. The Kier molecular flexibility index (Phi) is 5.35. The summed E-state index contributed by atoms with van der Waals surface area (Å²) in [6, 6.07) is 1.29. The number of nitrogens with one attached hydrogen (secondary N) is 2. The lowest BCUT2D eigenvalue weighted by Gasteiger charge is -2.26. The lowest BCUT2D eigenvalue weighted by molar-refractivity contribution is -0.127. The average molecular weight is 353 g/mol. The zero-order chi connectivity index (χ0) is 17.8. The van der Waals surface area contributed by atoms with Crippen LogP contribution in [0.1, 0.15) is 24.8 Å². The molecule has 0 radical (unpaired) electrons. The van der Waals surface area contributed by atoms with E-state index in [1.54, 1.807) is 4.90 Å². The van der Waals surface area contributed by atoms with Crippen molar-refractivity contribution >= 4 is 11.9 Å². The molecule has 1 saturated heterocycles. The van der Waals surface area contributed by atoms with Crippen LogP contribution >= 0.6 is 0 Å². The maximum absolute atomic E-state index is 13.6. The van der Waals surface area contributed by atoms with Gasteiger partial charge in [-0.05, 0) is 25.3 Å². The Labute approximate surface area is 144 Å². The van der Waals surface area contributed by atoms with Crippen molar-refractivity contribution < 1.29 is 23.1 Å². The number of likely N-dealkylation sites (tertiary alicyclic amines) is 1. The Hall–Kier alpha value is -2.38. The topological polar surface area (TPSA) is 70.7 Å². The fourth-order valence-electron chi connectivity index (χ4n) is 3.18. The number of benzene rings is 1. The first-order valence-electron chi connectivity index (χ1n) is 8.46. The number of carbonyl (C=O) groups is 2. The quantitative estimate of drug-likeness (QED) is 0.790. The van der Waals surface area contributed by atoms with E-state index in [9.17, 15) is 18.4 Å². The third-order valence-corrected chi connectivity index (χ3v) is 4.38. The van der Waals surface area contributed by atoms with Crippen molar-refractivity contribution in [1.29, 1.82) is 0 Å². The molecule has 136 valence electrons. The summed E-state index contributed by atoms with van der Waals surface area (Å²) in [4.78, 5) is 25.2. The Morgan fingerprint density at radius 2 is 2.20 bits per heavy atom. The van der Waals surface area contributed by atoms with Crippen molar-refractivity contribution in [2.24, 2.45) is 0 Å². The summed E-state index contributed by atoms with van der Waals surface area (Å²) in [5.41, 5.74) is 0.404.